The van der Waals surface area contributed by atoms with Crippen LogP contribution in [0.2, 0.25) is 5.15 Å². The molecule has 3 aromatic heterocycles. The van der Waals surface area contributed by atoms with E-state index >= 15 is 0 Å². The van der Waals surface area contributed by atoms with Crippen molar-refractivity contribution in [3.8, 4) is 11.3 Å². The number of hydrogen-bond donors (Lipinski definition) is 0. The lowest BCUT2D eigenvalue weighted by molar-refractivity contribution is 0.137. The molecule has 0 saturated carbocycles. The summed E-state index contributed by atoms with van der Waals surface area (Å²) >= 11 is 6.10. The highest BCUT2D eigenvalue weighted by Gasteiger charge is 2.50. The number of anilines is 1. The van der Waals surface area contributed by atoms with Crippen molar-refractivity contribution in [1.82, 2.24) is 24.3 Å². The lowest BCUT2D eigenvalue weighted by Gasteiger charge is -2.42. The maximum Gasteiger partial charge on any atom is 0.212 e. The first-order valence-electron chi connectivity index (χ1n) is 9.53. The zero-order chi connectivity index (χ0) is 18.7. The molecule has 7 heteroatoms. The molecule has 5 heterocycles. The minimum Gasteiger partial charge on any atom is -0.336 e. The fraction of sp³-hybridized carbons (Fsp3) is 0.450. The largest absolute Gasteiger partial charge is 0.336 e. The monoisotopic (exact) mass is 382 g/mol. The molecule has 0 spiro atoms. The maximum absolute atomic E-state index is 6.10. The standard InChI is InChI=1S/C20H23ClN6/c1-12(2)27-13(3)17-9-15(27)11-26(17)20-24-16(10-19-23-6-7-25(19)20)14-4-5-22-18(21)8-14/h4-8,10,12-13,15,17H,9,11H2,1-3H3/t13?,15-,17-/m0/s1. The molecule has 2 fully saturated rings. The van der Waals surface area contributed by atoms with Crippen LogP contribution in [-0.2, 0) is 0 Å². The molecule has 6 nitrogen and oxygen atoms in total. The van der Waals surface area contributed by atoms with Crippen molar-refractivity contribution in [2.24, 2.45) is 0 Å². The van der Waals surface area contributed by atoms with Crippen molar-refractivity contribution in [3.63, 3.8) is 0 Å². The molecule has 3 aromatic rings. The van der Waals surface area contributed by atoms with E-state index in [0.717, 1.165) is 29.4 Å². The smallest absolute Gasteiger partial charge is 0.212 e. The Balaban J connectivity index is 1.59. The first kappa shape index (κ1) is 17.0. The molecule has 0 aromatic carbocycles. The molecule has 2 bridgehead atoms. The molecule has 0 radical (unpaired) electrons. The first-order valence-corrected chi connectivity index (χ1v) is 9.91. The third-order valence-corrected chi connectivity index (χ3v) is 6.22. The van der Waals surface area contributed by atoms with E-state index in [9.17, 15) is 0 Å². The lowest BCUT2D eigenvalue weighted by atomic mass is 10.1. The molecule has 5 rings (SSSR count). The van der Waals surface area contributed by atoms with E-state index < -0.39 is 0 Å². The average molecular weight is 383 g/mol. The minimum absolute atomic E-state index is 0.473. The van der Waals surface area contributed by atoms with Crippen LogP contribution in [0.3, 0.4) is 0 Å². The van der Waals surface area contributed by atoms with Crippen LogP contribution in [-0.4, -0.2) is 55.0 Å². The third kappa shape index (κ3) is 2.62. The fourth-order valence-corrected chi connectivity index (χ4v) is 5.16. The van der Waals surface area contributed by atoms with E-state index in [1.165, 1.54) is 6.42 Å². The van der Waals surface area contributed by atoms with E-state index in [4.69, 9.17) is 16.6 Å². The molecule has 27 heavy (non-hydrogen) atoms. The predicted molar refractivity (Wildman–Crippen MR) is 107 cm³/mol. The topological polar surface area (TPSA) is 49.6 Å². The predicted octanol–water partition coefficient (Wildman–Crippen LogP) is 3.50. The molecule has 0 N–H and O–H groups in total. The Morgan fingerprint density at radius 2 is 2.04 bits per heavy atom. The van der Waals surface area contributed by atoms with Gasteiger partial charge in [0.25, 0.3) is 0 Å². The molecule has 140 valence electrons. The number of aromatic nitrogens is 4. The first-order chi connectivity index (χ1) is 13.0. The van der Waals surface area contributed by atoms with Gasteiger partial charge in [-0.25, -0.2) is 15.0 Å². The lowest BCUT2D eigenvalue weighted by Crippen LogP contribution is -2.54. The molecule has 0 amide bonds. The van der Waals surface area contributed by atoms with Gasteiger partial charge in [0.05, 0.1) is 5.69 Å². The highest BCUT2D eigenvalue weighted by Crippen LogP contribution is 2.39. The summed E-state index contributed by atoms with van der Waals surface area (Å²) in [6, 6.07) is 7.96. The number of hydrogen-bond acceptors (Lipinski definition) is 5. The normalized spacial score (nSPS) is 25.2. The average Bonchev–Trinajstić information content (AvgIpc) is 3.34. The molecule has 1 unspecified atom stereocenters. The van der Waals surface area contributed by atoms with Crippen molar-refractivity contribution in [3.05, 3.63) is 41.9 Å². The summed E-state index contributed by atoms with van der Waals surface area (Å²) in [4.78, 5) is 18.8. The molecule has 0 aliphatic carbocycles. The van der Waals surface area contributed by atoms with Gasteiger partial charge in [-0.1, -0.05) is 11.6 Å². The Bertz CT molecular complexity index is 997. The summed E-state index contributed by atoms with van der Waals surface area (Å²) in [5, 5.41) is 0.473. The van der Waals surface area contributed by atoms with Crippen molar-refractivity contribution < 1.29 is 0 Å². The second-order valence-electron chi connectivity index (χ2n) is 7.85. The van der Waals surface area contributed by atoms with Crippen molar-refractivity contribution >= 4 is 23.2 Å². The number of imidazole rings is 1. The van der Waals surface area contributed by atoms with E-state index in [1.807, 2.05) is 30.6 Å². The van der Waals surface area contributed by atoms with Gasteiger partial charge in [-0.05, 0) is 39.3 Å². The SMILES string of the molecule is CC(C)N1C(C)[C@@H]2C[C@H]1CN2c1nc(-c2ccnc(Cl)c2)cc2nccn12. The number of rotatable bonds is 3. The zero-order valence-electron chi connectivity index (χ0n) is 15.7. The Morgan fingerprint density at radius 1 is 1.19 bits per heavy atom. The van der Waals surface area contributed by atoms with E-state index in [2.05, 4.69) is 44.9 Å². The van der Waals surface area contributed by atoms with E-state index in [0.29, 0.717) is 29.3 Å². The summed E-state index contributed by atoms with van der Waals surface area (Å²) in [6.45, 7) is 7.94. The van der Waals surface area contributed by atoms with E-state index in [1.54, 1.807) is 6.20 Å². The number of fused-ring (bicyclic) bond motifs is 3. The van der Waals surface area contributed by atoms with Crippen LogP contribution in [0, 0.1) is 0 Å². The second-order valence-corrected chi connectivity index (χ2v) is 8.24. The molecular weight excluding hydrogens is 360 g/mol. The molecule has 2 saturated heterocycles. The molecule has 3 atom stereocenters. The molecule has 2 aliphatic heterocycles. The third-order valence-electron chi connectivity index (χ3n) is 6.02. The highest BCUT2D eigenvalue weighted by molar-refractivity contribution is 6.29. The van der Waals surface area contributed by atoms with Gasteiger partial charge in [0.2, 0.25) is 5.95 Å². The van der Waals surface area contributed by atoms with Crippen LogP contribution in [0.15, 0.2) is 36.8 Å². The van der Waals surface area contributed by atoms with Crippen LogP contribution in [0.1, 0.15) is 27.2 Å². The van der Waals surface area contributed by atoms with Crippen LogP contribution < -0.4 is 4.90 Å². The quantitative estimate of drug-likeness (QED) is 0.649. The number of nitrogens with zero attached hydrogens (tertiary/aromatic N) is 6. The van der Waals surface area contributed by atoms with Crippen LogP contribution in [0.5, 0.6) is 0 Å². The molecule has 2 aliphatic rings. The number of piperazine rings is 1. The van der Waals surface area contributed by atoms with Gasteiger partial charge in [-0.3, -0.25) is 9.30 Å². The summed E-state index contributed by atoms with van der Waals surface area (Å²) in [5.41, 5.74) is 2.74. The van der Waals surface area contributed by atoms with Gasteiger partial charge >= 0.3 is 0 Å². The fourth-order valence-electron chi connectivity index (χ4n) is 4.99. The molecular formula is C20H23ClN6. The summed E-state index contributed by atoms with van der Waals surface area (Å²) in [7, 11) is 0. The van der Waals surface area contributed by atoms with Gasteiger partial charge in [-0.15, -0.1) is 0 Å². The Labute approximate surface area is 163 Å². The second kappa shape index (κ2) is 6.17. The van der Waals surface area contributed by atoms with E-state index in [-0.39, 0.29) is 0 Å². The van der Waals surface area contributed by atoms with Gasteiger partial charge in [0.15, 0.2) is 0 Å². The maximum atomic E-state index is 6.10. The summed E-state index contributed by atoms with van der Waals surface area (Å²) in [5.74, 6) is 0.968. The summed E-state index contributed by atoms with van der Waals surface area (Å²) in [6.07, 6.45) is 6.75. The number of halogens is 1. The highest BCUT2D eigenvalue weighted by atomic mass is 35.5. The Kier molecular flexibility index (Phi) is 3.88. The van der Waals surface area contributed by atoms with Crippen LogP contribution in [0.25, 0.3) is 16.9 Å². The summed E-state index contributed by atoms with van der Waals surface area (Å²) < 4.78 is 2.10. The van der Waals surface area contributed by atoms with Gasteiger partial charge < -0.3 is 4.90 Å². The Hall–Kier alpha value is -2.18. The van der Waals surface area contributed by atoms with Crippen LogP contribution >= 0.6 is 11.6 Å². The van der Waals surface area contributed by atoms with Gasteiger partial charge in [-0.2, -0.15) is 0 Å². The van der Waals surface area contributed by atoms with Crippen molar-refractivity contribution in [2.75, 3.05) is 11.4 Å². The van der Waals surface area contributed by atoms with Crippen LogP contribution in [0.4, 0.5) is 5.95 Å². The minimum atomic E-state index is 0.473. The zero-order valence-corrected chi connectivity index (χ0v) is 16.5. The number of likely N-dealkylation sites (tertiary alicyclic amines) is 1. The number of pyridine rings is 1. The van der Waals surface area contributed by atoms with Gasteiger partial charge in [0, 0.05) is 60.9 Å². The Morgan fingerprint density at radius 3 is 2.78 bits per heavy atom. The van der Waals surface area contributed by atoms with Gasteiger partial charge in [0.1, 0.15) is 10.8 Å². The van der Waals surface area contributed by atoms with Crippen molar-refractivity contribution in [1.29, 1.82) is 0 Å². The van der Waals surface area contributed by atoms with Crippen molar-refractivity contribution in [2.45, 2.75) is 51.4 Å².